The van der Waals surface area contributed by atoms with Crippen molar-refractivity contribution in [3.8, 4) is 0 Å². The number of rotatable bonds is 14. The first-order chi connectivity index (χ1) is 27.3. The quantitative estimate of drug-likeness (QED) is 0.0965. The summed E-state index contributed by atoms with van der Waals surface area (Å²) in [6.45, 7) is 8.09. The second kappa shape index (κ2) is 19.5. The monoisotopic (exact) mass is 883 g/mol. The summed E-state index contributed by atoms with van der Waals surface area (Å²) in [6, 6.07) is 17.7. The van der Waals surface area contributed by atoms with Gasteiger partial charge in [0, 0.05) is 67.5 Å². The number of hydrogen-bond acceptors (Lipinski definition) is 10. The normalized spacial score (nSPS) is 12.5. The Labute approximate surface area is 358 Å². The van der Waals surface area contributed by atoms with Gasteiger partial charge in [-0.3, -0.25) is 9.97 Å². The Kier molecular flexibility index (Phi) is 14.5. The van der Waals surface area contributed by atoms with Crippen molar-refractivity contribution in [3.63, 3.8) is 0 Å². The highest BCUT2D eigenvalue weighted by atomic mass is 35.5. The lowest BCUT2D eigenvalue weighted by molar-refractivity contribution is 0.0729. The van der Waals surface area contributed by atoms with Gasteiger partial charge < -0.3 is 19.4 Å². The first kappa shape index (κ1) is 42.4. The third-order valence-corrected chi connectivity index (χ3v) is 11.2. The summed E-state index contributed by atoms with van der Waals surface area (Å²) in [5, 5.41) is 5.54. The van der Waals surface area contributed by atoms with E-state index in [0.717, 1.165) is 32.3 Å². The number of amides is 2. The number of carbonyl (C=O) groups is 2. The molecule has 0 spiro atoms. The average molecular weight is 886 g/mol. The third kappa shape index (κ3) is 11.9. The zero-order chi connectivity index (χ0) is 40.6. The van der Waals surface area contributed by atoms with E-state index in [-0.39, 0.29) is 24.7 Å². The molecule has 0 radical (unpaired) electrons. The minimum absolute atomic E-state index is 0.0335. The summed E-state index contributed by atoms with van der Waals surface area (Å²) in [4.78, 5) is 53.3. The molecule has 6 rings (SSSR count). The lowest BCUT2D eigenvalue weighted by Crippen LogP contribution is -2.34. The lowest BCUT2D eigenvalue weighted by atomic mass is 10.1. The van der Waals surface area contributed by atoms with Gasteiger partial charge in [-0.15, -0.1) is 0 Å². The molecule has 0 saturated heterocycles. The summed E-state index contributed by atoms with van der Waals surface area (Å²) in [5.74, 6) is 0.832. The summed E-state index contributed by atoms with van der Waals surface area (Å²) in [7, 11) is 0. The number of carbonyl (C=O) groups excluding carboxylic acids is 2. The molecule has 0 aliphatic carbocycles. The highest BCUT2D eigenvalue weighted by Crippen LogP contribution is 2.38. The Hall–Kier alpha value is -4.24. The van der Waals surface area contributed by atoms with Crippen molar-refractivity contribution in [1.82, 2.24) is 35.2 Å². The number of pyridine rings is 2. The van der Waals surface area contributed by atoms with Crippen LogP contribution in [0, 0.1) is 0 Å². The second-order valence-electron chi connectivity index (χ2n) is 13.4. The van der Waals surface area contributed by atoms with Gasteiger partial charge in [-0.25, -0.2) is 24.9 Å². The number of aromatic nitrogens is 6. The fraction of sp³-hybridized carbons (Fsp3) is 0.250. The predicted octanol–water partition coefficient (Wildman–Crippen LogP) is 12.2. The molecule has 0 saturated carbocycles. The molecule has 4 aromatic heterocycles. The number of benzene rings is 2. The maximum atomic E-state index is 13.5. The van der Waals surface area contributed by atoms with Gasteiger partial charge in [0.05, 0.1) is 11.4 Å². The van der Waals surface area contributed by atoms with Crippen LogP contribution in [0.2, 0.25) is 20.1 Å². The summed E-state index contributed by atoms with van der Waals surface area (Å²) >= 11 is 27.9. The molecule has 2 atom stereocenters. The van der Waals surface area contributed by atoms with Crippen LogP contribution in [0.4, 0.5) is 9.59 Å². The largest absolute Gasteiger partial charge is 0.437 e. The zero-order valence-electron chi connectivity index (χ0n) is 31.1. The van der Waals surface area contributed by atoms with Crippen molar-refractivity contribution in [3.05, 3.63) is 140 Å². The molecule has 0 bridgehead atoms. The van der Waals surface area contributed by atoms with Crippen molar-refractivity contribution >= 4 is 82.1 Å². The van der Waals surface area contributed by atoms with E-state index in [1.165, 1.54) is 23.5 Å². The minimum atomic E-state index is -1.03. The van der Waals surface area contributed by atoms with Gasteiger partial charge in [0.1, 0.15) is 21.7 Å². The van der Waals surface area contributed by atoms with E-state index in [9.17, 15) is 9.59 Å². The van der Waals surface area contributed by atoms with Crippen molar-refractivity contribution in [2.45, 2.75) is 84.4 Å². The molecule has 4 heterocycles. The first-order valence-electron chi connectivity index (χ1n) is 17.7. The summed E-state index contributed by atoms with van der Waals surface area (Å²) < 4.78 is 11.8. The molecular formula is C40H37Cl4N7O4S2. The van der Waals surface area contributed by atoms with Gasteiger partial charge in [0.2, 0.25) is 0 Å². The van der Waals surface area contributed by atoms with E-state index in [1.54, 1.807) is 61.2 Å². The summed E-state index contributed by atoms with van der Waals surface area (Å²) in [5.41, 5.74) is 3.30. The van der Waals surface area contributed by atoms with Gasteiger partial charge in [0.15, 0.2) is 12.2 Å². The molecule has 296 valence electrons. The van der Waals surface area contributed by atoms with Crippen molar-refractivity contribution in [2.24, 2.45) is 0 Å². The van der Waals surface area contributed by atoms with Gasteiger partial charge in [0.25, 0.3) is 0 Å². The SMILES string of the molecule is CC(C)c1[nH]c(C(Cc2ccncc2)OC(=O)NC(=O)OC(Cc2ccncc2)c2nc(Sc3cc(Cl)cc(Cl)c3)c(C(C)C)[nH]2)nc1Sc1cc(Cl)cc(Cl)c1. The predicted molar refractivity (Wildman–Crippen MR) is 224 cm³/mol. The Morgan fingerprint density at radius 2 is 0.965 bits per heavy atom. The Morgan fingerprint density at radius 1 is 0.614 bits per heavy atom. The van der Waals surface area contributed by atoms with Crippen molar-refractivity contribution in [1.29, 1.82) is 0 Å². The number of halogens is 4. The Bertz CT molecular complexity index is 2130. The average Bonchev–Trinajstić information content (AvgIpc) is 3.76. The van der Waals surface area contributed by atoms with Gasteiger partial charge in [-0.05, 0) is 83.6 Å². The van der Waals surface area contributed by atoms with Gasteiger partial charge in [-0.1, -0.05) is 97.6 Å². The fourth-order valence-corrected chi connectivity index (χ4v) is 9.26. The number of H-pyrrole nitrogens is 2. The lowest BCUT2D eigenvalue weighted by Gasteiger charge is -2.18. The van der Waals surface area contributed by atoms with E-state index >= 15 is 0 Å². The number of ether oxygens (including phenoxy) is 2. The molecule has 3 N–H and O–H groups in total. The number of alkyl carbamates (subject to hydrolysis) is 2. The smallest absolute Gasteiger partial charge is 0.417 e. The Morgan fingerprint density at radius 3 is 1.30 bits per heavy atom. The van der Waals surface area contributed by atoms with Crippen LogP contribution in [0.3, 0.4) is 0 Å². The van der Waals surface area contributed by atoms with Crippen LogP contribution in [0.25, 0.3) is 0 Å². The maximum absolute atomic E-state index is 13.5. The maximum Gasteiger partial charge on any atom is 0.417 e. The van der Waals surface area contributed by atoms with E-state index in [2.05, 4.69) is 25.3 Å². The van der Waals surface area contributed by atoms with Crippen LogP contribution < -0.4 is 5.32 Å². The van der Waals surface area contributed by atoms with E-state index in [1.807, 2.05) is 52.0 Å². The molecule has 57 heavy (non-hydrogen) atoms. The number of imidazole rings is 2. The van der Waals surface area contributed by atoms with Crippen molar-refractivity contribution < 1.29 is 19.1 Å². The van der Waals surface area contributed by atoms with Crippen LogP contribution in [0.15, 0.2) is 105 Å². The molecule has 2 aromatic carbocycles. The third-order valence-electron chi connectivity index (χ3n) is 8.34. The molecule has 0 aliphatic rings. The highest BCUT2D eigenvalue weighted by Gasteiger charge is 2.29. The number of aromatic amines is 2. The minimum Gasteiger partial charge on any atom is -0.437 e. The second-order valence-corrected chi connectivity index (χ2v) is 17.3. The van der Waals surface area contributed by atoms with Crippen molar-refractivity contribution in [2.75, 3.05) is 0 Å². The standard InChI is InChI=1S/C40H37Cl4N7O4S2/c1-21(2)33-37(56-29-17-25(41)15-26(42)18-29)49-35(47-33)31(13-23-5-9-45-10-6-23)54-39(52)51-40(53)55-32(14-24-7-11-46-12-8-24)36-48-34(22(3)4)38(50-36)57-30-19-27(43)16-28(44)20-30/h5-12,15-22,31-32H,13-14H2,1-4H3,(H,47,49)(H,48,50)(H,51,52,53). The van der Waals surface area contributed by atoms with Crippen LogP contribution in [0.5, 0.6) is 0 Å². The fourth-order valence-electron chi connectivity index (χ4n) is 5.67. The van der Waals surface area contributed by atoms with Gasteiger partial charge >= 0.3 is 12.2 Å². The van der Waals surface area contributed by atoms with E-state index < -0.39 is 24.4 Å². The van der Waals surface area contributed by atoms with Gasteiger partial charge in [-0.2, -0.15) is 0 Å². The first-order valence-corrected chi connectivity index (χ1v) is 20.9. The number of nitrogens with one attached hydrogen (secondary N) is 3. The highest BCUT2D eigenvalue weighted by molar-refractivity contribution is 7.99. The van der Waals surface area contributed by atoms with E-state index in [4.69, 9.17) is 65.8 Å². The van der Waals surface area contributed by atoms with E-state index in [0.29, 0.717) is 41.8 Å². The molecule has 17 heteroatoms. The number of hydrogen-bond donors (Lipinski definition) is 3. The zero-order valence-corrected chi connectivity index (χ0v) is 35.7. The van der Waals surface area contributed by atoms with Crippen LogP contribution >= 0.6 is 69.9 Å². The molecule has 6 aromatic rings. The van der Waals surface area contributed by atoms with Crippen LogP contribution in [-0.2, 0) is 22.3 Å². The Balaban J connectivity index is 1.24. The van der Waals surface area contributed by atoms with Crippen LogP contribution in [-0.4, -0.2) is 42.1 Å². The summed E-state index contributed by atoms with van der Waals surface area (Å²) in [6.07, 6.45) is 3.12. The molecule has 2 unspecified atom stereocenters. The number of nitrogens with zero attached hydrogens (tertiary/aromatic N) is 4. The molecule has 2 amide bonds. The molecular weight excluding hydrogens is 848 g/mol. The topological polar surface area (TPSA) is 148 Å². The molecule has 11 nitrogen and oxygen atoms in total. The van der Waals surface area contributed by atoms with Crippen LogP contribution in [0.1, 0.15) is 85.9 Å². The molecule has 0 fully saturated rings. The molecule has 0 aliphatic heterocycles. The number of imide groups is 1.